The molecular weight excluding hydrogens is 406 g/mol. The molecule has 7 heteroatoms. The molecule has 0 aliphatic carbocycles. The van der Waals surface area contributed by atoms with Gasteiger partial charge in [-0.25, -0.2) is 13.8 Å². The number of aromatic nitrogens is 1. The summed E-state index contributed by atoms with van der Waals surface area (Å²) >= 11 is 3.37. The quantitative estimate of drug-likeness (QED) is 0.612. The van der Waals surface area contributed by atoms with Gasteiger partial charge in [-0.1, -0.05) is 22.0 Å². The highest BCUT2D eigenvalue weighted by atomic mass is 79.9. The molecule has 0 saturated heterocycles. The maximum Gasteiger partial charge on any atom is 0.149 e. The molecule has 0 fully saturated rings. The lowest BCUT2D eigenvalue weighted by Gasteiger charge is -2.16. The van der Waals surface area contributed by atoms with Gasteiger partial charge < -0.3 is 15.2 Å². The van der Waals surface area contributed by atoms with Gasteiger partial charge in [0, 0.05) is 27.9 Å². The van der Waals surface area contributed by atoms with E-state index < -0.39 is 17.7 Å². The summed E-state index contributed by atoms with van der Waals surface area (Å²) < 4.78 is 32.7. The van der Waals surface area contributed by atoms with Gasteiger partial charge in [-0.2, -0.15) is 0 Å². The molecule has 0 amide bonds. The third-order valence-electron chi connectivity index (χ3n) is 3.78. The van der Waals surface area contributed by atoms with Crippen LogP contribution < -0.4 is 10.1 Å². The first-order valence-electron chi connectivity index (χ1n) is 7.67. The van der Waals surface area contributed by atoms with Crippen LogP contribution in [0.25, 0.3) is 0 Å². The fraction of sp³-hybridized carbons (Fsp3) is 0.105. The first-order chi connectivity index (χ1) is 12.5. The van der Waals surface area contributed by atoms with E-state index in [0.717, 1.165) is 16.6 Å². The van der Waals surface area contributed by atoms with Crippen LogP contribution >= 0.6 is 15.9 Å². The van der Waals surface area contributed by atoms with E-state index in [-0.39, 0.29) is 5.69 Å². The van der Waals surface area contributed by atoms with Gasteiger partial charge in [0.05, 0.1) is 12.8 Å². The number of anilines is 2. The van der Waals surface area contributed by atoms with Crippen LogP contribution in [-0.2, 0) is 0 Å². The summed E-state index contributed by atoms with van der Waals surface area (Å²) in [6.45, 7) is 0. The van der Waals surface area contributed by atoms with Crippen molar-refractivity contribution in [1.82, 2.24) is 4.98 Å². The molecule has 1 unspecified atom stereocenters. The van der Waals surface area contributed by atoms with Crippen LogP contribution in [-0.4, -0.2) is 17.2 Å². The molecule has 4 nitrogen and oxygen atoms in total. The van der Waals surface area contributed by atoms with Crippen LogP contribution in [0.2, 0.25) is 0 Å². The number of hydrogen-bond donors (Lipinski definition) is 2. The maximum absolute atomic E-state index is 13.7. The molecular formula is C19H15BrF2N2O2. The Labute approximate surface area is 157 Å². The van der Waals surface area contributed by atoms with Crippen molar-refractivity contribution < 1.29 is 18.6 Å². The van der Waals surface area contributed by atoms with Gasteiger partial charge in [0.15, 0.2) is 0 Å². The number of nitrogens with zero attached hydrogens (tertiary/aromatic N) is 1. The van der Waals surface area contributed by atoms with Crippen molar-refractivity contribution in [3.05, 3.63) is 82.0 Å². The maximum atomic E-state index is 13.7. The first-order valence-corrected chi connectivity index (χ1v) is 8.47. The molecule has 0 radical (unpaired) electrons. The lowest BCUT2D eigenvalue weighted by Crippen LogP contribution is -2.04. The molecule has 2 N–H and O–H groups in total. The molecule has 26 heavy (non-hydrogen) atoms. The highest BCUT2D eigenvalue weighted by Crippen LogP contribution is 2.32. The van der Waals surface area contributed by atoms with Crippen LogP contribution in [0.15, 0.2) is 59.2 Å². The first kappa shape index (κ1) is 18.3. The second-order valence-electron chi connectivity index (χ2n) is 5.51. The minimum atomic E-state index is -0.938. The van der Waals surface area contributed by atoms with E-state index in [1.54, 1.807) is 24.3 Å². The van der Waals surface area contributed by atoms with Crippen molar-refractivity contribution in [3.8, 4) is 5.75 Å². The summed E-state index contributed by atoms with van der Waals surface area (Å²) in [5, 5.41) is 13.4. The Hall–Kier alpha value is -2.51. The van der Waals surface area contributed by atoms with Gasteiger partial charge in [-0.05, 0) is 36.4 Å². The smallest absolute Gasteiger partial charge is 0.149 e. The van der Waals surface area contributed by atoms with E-state index in [1.165, 1.54) is 19.4 Å². The molecule has 0 aliphatic rings. The fourth-order valence-electron chi connectivity index (χ4n) is 2.47. The van der Waals surface area contributed by atoms with Crippen molar-refractivity contribution in [1.29, 1.82) is 0 Å². The predicted octanol–water partition coefficient (Wildman–Crippen LogP) is 4.96. The van der Waals surface area contributed by atoms with Crippen LogP contribution in [0.4, 0.5) is 20.3 Å². The Bertz CT molecular complexity index is 920. The zero-order chi connectivity index (χ0) is 18.7. The topological polar surface area (TPSA) is 54.4 Å². The number of rotatable bonds is 5. The normalized spacial score (nSPS) is 11.9. The minimum absolute atomic E-state index is 0.112. The zero-order valence-corrected chi connectivity index (χ0v) is 15.3. The standard InChI is InChI=1S/C19H15BrF2N2O2/c1-26-17-6-3-12(20)8-14(17)19(25)11-2-7-18(23-10-11)24-16-5-4-13(21)9-15(16)22/h2-10,19,25H,1H3,(H,23,24). The average molecular weight is 421 g/mol. The molecule has 1 aromatic heterocycles. The fourth-order valence-corrected chi connectivity index (χ4v) is 2.85. The minimum Gasteiger partial charge on any atom is -0.496 e. The number of aliphatic hydroxyl groups is 1. The van der Waals surface area contributed by atoms with Crippen LogP contribution in [0.1, 0.15) is 17.2 Å². The van der Waals surface area contributed by atoms with Crippen LogP contribution in [0.3, 0.4) is 0 Å². The molecule has 0 spiro atoms. The van der Waals surface area contributed by atoms with Gasteiger partial charge in [0.1, 0.15) is 29.3 Å². The molecule has 1 heterocycles. The van der Waals surface area contributed by atoms with E-state index in [2.05, 4.69) is 26.2 Å². The van der Waals surface area contributed by atoms with Gasteiger partial charge in [0.25, 0.3) is 0 Å². The molecule has 0 bridgehead atoms. The monoisotopic (exact) mass is 420 g/mol. The number of hydrogen-bond acceptors (Lipinski definition) is 4. The SMILES string of the molecule is COc1ccc(Br)cc1C(O)c1ccc(Nc2ccc(F)cc2F)nc1. The molecule has 2 aromatic carbocycles. The third kappa shape index (κ3) is 4.00. The average Bonchev–Trinajstić information content (AvgIpc) is 2.64. The Morgan fingerprint density at radius 1 is 1.12 bits per heavy atom. The third-order valence-corrected chi connectivity index (χ3v) is 4.28. The Kier molecular flexibility index (Phi) is 5.49. The largest absolute Gasteiger partial charge is 0.496 e. The van der Waals surface area contributed by atoms with Gasteiger partial charge in [0.2, 0.25) is 0 Å². The van der Waals surface area contributed by atoms with Gasteiger partial charge in [-0.3, -0.25) is 0 Å². The number of aliphatic hydroxyl groups excluding tert-OH is 1. The van der Waals surface area contributed by atoms with E-state index in [9.17, 15) is 13.9 Å². The van der Waals surface area contributed by atoms with Crippen LogP contribution in [0, 0.1) is 11.6 Å². The Morgan fingerprint density at radius 2 is 1.92 bits per heavy atom. The summed E-state index contributed by atoms with van der Waals surface area (Å²) in [5.74, 6) is -0.443. The van der Waals surface area contributed by atoms with Crippen molar-refractivity contribution in [2.24, 2.45) is 0 Å². The number of pyridine rings is 1. The molecule has 1 atom stereocenters. The summed E-state index contributed by atoms with van der Waals surface area (Å²) in [6.07, 6.45) is 0.543. The van der Waals surface area contributed by atoms with E-state index in [1.807, 2.05) is 6.07 Å². The van der Waals surface area contributed by atoms with Crippen molar-refractivity contribution >= 4 is 27.4 Å². The summed E-state index contributed by atoms with van der Waals surface area (Å²) in [7, 11) is 1.53. The van der Waals surface area contributed by atoms with Crippen LogP contribution in [0.5, 0.6) is 5.75 Å². The highest BCUT2D eigenvalue weighted by Gasteiger charge is 2.16. The highest BCUT2D eigenvalue weighted by molar-refractivity contribution is 9.10. The van der Waals surface area contributed by atoms with Gasteiger partial charge in [-0.15, -0.1) is 0 Å². The van der Waals surface area contributed by atoms with E-state index in [4.69, 9.17) is 4.74 Å². The number of halogens is 3. The molecule has 134 valence electrons. The molecule has 3 aromatic rings. The van der Waals surface area contributed by atoms with Crippen molar-refractivity contribution in [2.45, 2.75) is 6.10 Å². The summed E-state index contributed by atoms with van der Waals surface area (Å²) in [5.41, 5.74) is 1.25. The second kappa shape index (κ2) is 7.80. The number of benzene rings is 2. The van der Waals surface area contributed by atoms with Crippen molar-refractivity contribution in [2.75, 3.05) is 12.4 Å². The summed E-state index contributed by atoms with van der Waals surface area (Å²) in [6, 6.07) is 11.8. The number of methoxy groups -OCH3 is 1. The Balaban J connectivity index is 1.82. The van der Waals surface area contributed by atoms with Gasteiger partial charge >= 0.3 is 0 Å². The molecule has 3 rings (SSSR count). The lowest BCUT2D eigenvalue weighted by atomic mass is 10.0. The Morgan fingerprint density at radius 3 is 2.58 bits per heavy atom. The second-order valence-corrected chi connectivity index (χ2v) is 6.43. The van der Waals surface area contributed by atoms with E-state index >= 15 is 0 Å². The number of ether oxygens (including phenoxy) is 1. The number of nitrogens with one attached hydrogen (secondary N) is 1. The molecule has 0 saturated carbocycles. The predicted molar refractivity (Wildman–Crippen MR) is 98.6 cm³/mol. The lowest BCUT2D eigenvalue weighted by molar-refractivity contribution is 0.214. The summed E-state index contributed by atoms with van der Waals surface area (Å²) in [4.78, 5) is 4.18. The zero-order valence-electron chi connectivity index (χ0n) is 13.7. The van der Waals surface area contributed by atoms with E-state index in [0.29, 0.717) is 22.7 Å². The van der Waals surface area contributed by atoms with Crippen molar-refractivity contribution in [3.63, 3.8) is 0 Å². The molecule has 0 aliphatic heterocycles.